The maximum absolute atomic E-state index is 6.05. The van der Waals surface area contributed by atoms with Gasteiger partial charge in [-0.3, -0.25) is 4.90 Å². The SMILES string of the molecule is c1ccc(C(c2ccccc2)N2CC3(C2)OC32CC2)cc1. The second kappa shape index (κ2) is 3.96. The van der Waals surface area contributed by atoms with Crippen molar-refractivity contribution in [2.45, 2.75) is 30.1 Å². The van der Waals surface area contributed by atoms with Crippen LogP contribution in [0, 0.1) is 0 Å². The summed E-state index contributed by atoms with van der Waals surface area (Å²) in [6.45, 7) is 2.17. The lowest BCUT2D eigenvalue weighted by molar-refractivity contribution is 0.0365. The highest BCUT2D eigenvalue weighted by Crippen LogP contribution is 2.68. The average Bonchev–Trinajstić information content (AvgIpc) is 3.40. The van der Waals surface area contributed by atoms with Crippen LogP contribution in [0.15, 0.2) is 60.7 Å². The second-order valence-corrected chi connectivity index (χ2v) is 6.72. The minimum absolute atomic E-state index is 0.217. The molecule has 2 aliphatic heterocycles. The Labute approximate surface area is 125 Å². The zero-order valence-electron chi connectivity index (χ0n) is 12.0. The molecule has 2 aromatic rings. The number of likely N-dealkylation sites (tertiary alicyclic amines) is 1. The molecule has 0 radical (unpaired) electrons. The van der Waals surface area contributed by atoms with E-state index >= 15 is 0 Å². The molecule has 0 atom stereocenters. The Morgan fingerprint density at radius 1 is 0.762 bits per heavy atom. The second-order valence-electron chi connectivity index (χ2n) is 6.72. The van der Waals surface area contributed by atoms with Crippen molar-refractivity contribution in [2.24, 2.45) is 0 Å². The van der Waals surface area contributed by atoms with Gasteiger partial charge in [0, 0.05) is 13.1 Å². The van der Waals surface area contributed by atoms with Gasteiger partial charge in [0.05, 0.1) is 6.04 Å². The van der Waals surface area contributed by atoms with Crippen molar-refractivity contribution in [3.63, 3.8) is 0 Å². The Kier molecular flexibility index (Phi) is 2.26. The van der Waals surface area contributed by atoms with E-state index in [4.69, 9.17) is 4.74 Å². The van der Waals surface area contributed by atoms with E-state index in [2.05, 4.69) is 65.6 Å². The molecule has 0 unspecified atom stereocenters. The minimum Gasteiger partial charge on any atom is -0.360 e. The summed E-state index contributed by atoms with van der Waals surface area (Å²) < 4.78 is 6.05. The van der Waals surface area contributed by atoms with E-state index < -0.39 is 0 Å². The predicted octanol–water partition coefficient (Wildman–Crippen LogP) is 3.39. The summed E-state index contributed by atoms with van der Waals surface area (Å²) in [5.41, 5.74) is 3.28. The first kappa shape index (κ1) is 12.0. The standard InChI is InChI=1S/C19H19NO/c1-3-7-15(8-4-1)17(16-9-5-2-6-10-16)20-13-19(14-20)18(21-19)11-12-18/h1-10,17H,11-14H2. The van der Waals surface area contributed by atoms with Crippen LogP contribution in [0.4, 0.5) is 0 Å². The number of benzene rings is 2. The molecule has 3 fully saturated rings. The summed E-state index contributed by atoms with van der Waals surface area (Å²) in [6, 6.07) is 22.0. The van der Waals surface area contributed by atoms with Crippen LogP contribution < -0.4 is 0 Å². The number of hydrogen-bond donors (Lipinski definition) is 0. The maximum atomic E-state index is 6.05. The number of hydrogen-bond acceptors (Lipinski definition) is 2. The highest BCUT2D eigenvalue weighted by Gasteiger charge is 2.80. The monoisotopic (exact) mass is 277 g/mol. The minimum atomic E-state index is 0.217. The van der Waals surface area contributed by atoms with Crippen LogP contribution in [0.1, 0.15) is 30.0 Å². The zero-order valence-corrected chi connectivity index (χ0v) is 12.0. The zero-order chi connectivity index (χ0) is 13.9. The lowest BCUT2D eigenvalue weighted by Crippen LogP contribution is -2.56. The highest BCUT2D eigenvalue weighted by molar-refractivity contribution is 5.37. The smallest absolute Gasteiger partial charge is 0.123 e. The number of nitrogens with zero attached hydrogens (tertiary/aromatic N) is 1. The summed E-state index contributed by atoms with van der Waals surface area (Å²) in [7, 11) is 0. The first-order chi connectivity index (χ1) is 10.3. The first-order valence-corrected chi connectivity index (χ1v) is 7.86. The van der Waals surface area contributed by atoms with Crippen LogP contribution in [-0.2, 0) is 4.74 Å². The molecular weight excluding hydrogens is 258 g/mol. The topological polar surface area (TPSA) is 15.8 Å². The fourth-order valence-electron chi connectivity index (χ4n) is 4.05. The van der Waals surface area contributed by atoms with E-state index in [0.717, 1.165) is 13.1 Å². The molecule has 1 aliphatic carbocycles. The van der Waals surface area contributed by atoms with Gasteiger partial charge < -0.3 is 4.74 Å². The number of rotatable bonds is 3. The van der Waals surface area contributed by atoms with Gasteiger partial charge in [0.2, 0.25) is 0 Å². The summed E-state index contributed by atoms with van der Waals surface area (Å²) >= 11 is 0. The van der Waals surface area contributed by atoms with Gasteiger partial charge >= 0.3 is 0 Å². The van der Waals surface area contributed by atoms with Crippen molar-refractivity contribution in [3.8, 4) is 0 Å². The van der Waals surface area contributed by atoms with Crippen molar-refractivity contribution in [3.05, 3.63) is 71.8 Å². The van der Waals surface area contributed by atoms with Gasteiger partial charge in [-0.15, -0.1) is 0 Å². The number of epoxide rings is 1. The predicted molar refractivity (Wildman–Crippen MR) is 82.1 cm³/mol. The molecule has 0 amide bonds. The lowest BCUT2D eigenvalue weighted by Gasteiger charge is -2.44. The normalized spacial score (nSPS) is 24.2. The van der Waals surface area contributed by atoms with Gasteiger partial charge in [0.25, 0.3) is 0 Å². The first-order valence-electron chi connectivity index (χ1n) is 7.86. The number of ether oxygens (including phenoxy) is 1. The summed E-state index contributed by atoms with van der Waals surface area (Å²) in [5, 5.41) is 0. The fraction of sp³-hybridized carbons (Fsp3) is 0.368. The van der Waals surface area contributed by atoms with Gasteiger partial charge in [0.15, 0.2) is 0 Å². The largest absolute Gasteiger partial charge is 0.360 e. The van der Waals surface area contributed by atoms with Gasteiger partial charge in [-0.1, -0.05) is 60.7 Å². The van der Waals surface area contributed by atoms with E-state index in [-0.39, 0.29) is 5.60 Å². The molecule has 2 nitrogen and oxygen atoms in total. The maximum Gasteiger partial charge on any atom is 0.123 e. The van der Waals surface area contributed by atoms with Crippen molar-refractivity contribution < 1.29 is 4.74 Å². The third-order valence-corrected chi connectivity index (χ3v) is 5.40. The van der Waals surface area contributed by atoms with Gasteiger partial charge in [-0.2, -0.15) is 0 Å². The van der Waals surface area contributed by atoms with E-state index in [0.29, 0.717) is 11.6 Å². The molecule has 0 N–H and O–H groups in total. The van der Waals surface area contributed by atoms with E-state index in [1.165, 1.54) is 24.0 Å². The molecule has 2 heterocycles. The Balaban J connectivity index is 1.46. The molecule has 2 saturated heterocycles. The summed E-state index contributed by atoms with van der Waals surface area (Å²) in [5.74, 6) is 0. The van der Waals surface area contributed by atoms with Crippen LogP contribution in [-0.4, -0.2) is 29.2 Å². The van der Waals surface area contributed by atoms with E-state index in [1.807, 2.05) is 0 Å². The Hall–Kier alpha value is -1.64. The molecule has 3 aliphatic rings. The molecule has 0 aromatic heterocycles. The molecule has 21 heavy (non-hydrogen) atoms. The van der Waals surface area contributed by atoms with Crippen LogP contribution in [0.3, 0.4) is 0 Å². The molecule has 2 aromatic carbocycles. The summed E-state index contributed by atoms with van der Waals surface area (Å²) in [6.07, 6.45) is 2.56. The molecule has 106 valence electrons. The quantitative estimate of drug-likeness (QED) is 0.799. The van der Waals surface area contributed by atoms with Crippen LogP contribution in [0.25, 0.3) is 0 Å². The van der Waals surface area contributed by atoms with Crippen molar-refractivity contribution in [2.75, 3.05) is 13.1 Å². The molecule has 0 bridgehead atoms. The Bertz CT molecular complexity index is 617. The Morgan fingerprint density at radius 3 is 1.71 bits per heavy atom. The molecule has 5 rings (SSSR count). The van der Waals surface area contributed by atoms with Gasteiger partial charge in [0.1, 0.15) is 11.2 Å². The number of fused-ring (bicyclic) bond motifs is 1. The van der Waals surface area contributed by atoms with Crippen molar-refractivity contribution in [1.82, 2.24) is 4.90 Å². The Morgan fingerprint density at radius 2 is 1.29 bits per heavy atom. The van der Waals surface area contributed by atoms with Crippen LogP contribution in [0.5, 0.6) is 0 Å². The summed E-state index contributed by atoms with van der Waals surface area (Å²) in [4.78, 5) is 2.57. The van der Waals surface area contributed by atoms with Crippen LogP contribution >= 0.6 is 0 Å². The van der Waals surface area contributed by atoms with Crippen LogP contribution in [0.2, 0.25) is 0 Å². The van der Waals surface area contributed by atoms with E-state index in [1.54, 1.807) is 0 Å². The molecule has 2 heteroatoms. The third kappa shape index (κ3) is 1.66. The fourth-order valence-corrected chi connectivity index (χ4v) is 4.05. The lowest BCUT2D eigenvalue weighted by atomic mass is 9.87. The van der Waals surface area contributed by atoms with Gasteiger partial charge in [-0.25, -0.2) is 0 Å². The third-order valence-electron chi connectivity index (χ3n) is 5.40. The highest BCUT2D eigenvalue weighted by atomic mass is 16.6. The van der Waals surface area contributed by atoms with E-state index in [9.17, 15) is 0 Å². The van der Waals surface area contributed by atoms with Crippen molar-refractivity contribution in [1.29, 1.82) is 0 Å². The van der Waals surface area contributed by atoms with Gasteiger partial charge in [-0.05, 0) is 24.0 Å². The molecule has 2 spiro atoms. The molecule has 1 saturated carbocycles. The van der Waals surface area contributed by atoms with Crippen molar-refractivity contribution >= 4 is 0 Å². The average molecular weight is 277 g/mol. The molecular formula is C19H19NO.